The Morgan fingerprint density at radius 2 is 1.90 bits per heavy atom. The quantitative estimate of drug-likeness (QED) is 0.484. The van der Waals surface area contributed by atoms with Crippen molar-refractivity contribution < 1.29 is 13.9 Å². The first-order chi connectivity index (χ1) is 14.6. The van der Waals surface area contributed by atoms with Crippen LogP contribution < -0.4 is 15.4 Å². The number of ether oxygens (including phenoxy) is 2. The average molecular weight is 415 g/mol. The monoisotopic (exact) mass is 414 g/mol. The van der Waals surface area contributed by atoms with Crippen molar-refractivity contribution in [2.24, 2.45) is 4.99 Å². The molecule has 3 rings (SSSR count). The lowest BCUT2D eigenvalue weighted by Gasteiger charge is -2.31. The van der Waals surface area contributed by atoms with Gasteiger partial charge in [0.2, 0.25) is 0 Å². The highest BCUT2D eigenvalue weighted by Gasteiger charge is 2.16. The van der Waals surface area contributed by atoms with Crippen LogP contribution in [0.25, 0.3) is 0 Å². The van der Waals surface area contributed by atoms with Crippen LogP contribution in [-0.2, 0) is 11.2 Å². The standard InChI is InChI=1S/C23H34N4O3/c1-18(2)30-22-8-6-20(7-9-22)26-23(24-11-10-21-5-4-14-29-21)25-17-19(3)27-12-15-28-16-13-27/h4-9,14,18-19H,10-13,15-17H2,1-3H3,(H2,24,25,26). The minimum Gasteiger partial charge on any atom is -0.491 e. The van der Waals surface area contributed by atoms with Crippen LogP contribution in [0.1, 0.15) is 26.5 Å². The Morgan fingerprint density at radius 3 is 2.57 bits per heavy atom. The second-order valence-corrected chi connectivity index (χ2v) is 7.76. The molecular formula is C23H34N4O3. The Bertz CT molecular complexity index is 753. The number of aliphatic imine (C=N–C) groups is 1. The summed E-state index contributed by atoms with van der Waals surface area (Å²) in [7, 11) is 0. The Hall–Kier alpha value is -2.51. The summed E-state index contributed by atoms with van der Waals surface area (Å²) in [5, 5.41) is 6.82. The van der Waals surface area contributed by atoms with Crippen LogP contribution in [0.5, 0.6) is 5.75 Å². The van der Waals surface area contributed by atoms with Crippen molar-refractivity contribution in [3.63, 3.8) is 0 Å². The summed E-state index contributed by atoms with van der Waals surface area (Å²) >= 11 is 0. The lowest BCUT2D eigenvalue weighted by molar-refractivity contribution is 0.0220. The van der Waals surface area contributed by atoms with Crippen molar-refractivity contribution in [1.29, 1.82) is 0 Å². The van der Waals surface area contributed by atoms with Gasteiger partial charge in [0, 0.05) is 37.8 Å². The molecule has 0 aliphatic carbocycles. The molecule has 1 aromatic carbocycles. The molecule has 1 aliphatic rings. The molecule has 2 N–H and O–H groups in total. The fourth-order valence-electron chi connectivity index (χ4n) is 3.28. The Balaban J connectivity index is 1.60. The molecule has 1 fully saturated rings. The van der Waals surface area contributed by atoms with Crippen molar-refractivity contribution in [1.82, 2.24) is 10.2 Å². The lowest BCUT2D eigenvalue weighted by atomic mass is 10.2. The van der Waals surface area contributed by atoms with Crippen molar-refractivity contribution in [2.75, 3.05) is 44.7 Å². The number of rotatable bonds is 9. The first-order valence-corrected chi connectivity index (χ1v) is 10.8. The molecule has 0 amide bonds. The van der Waals surface area contributed by atoms with Crippen LogP contribution in [0.3, 0.4) is 0 Å². The van der Waals surface area contributed by atoms with Gasteiger partial charge in [-0.2, -0.15) is 0 Å². The Morgan fingerprint density at radius 1 is 1.13 bits per heavy atom. The molecule has 164 valence electrons. The smallest absolute Gasteiger partial charge is 0.195 e. The summed E-state index contributed by atoms with van der Waals surface area (Å²) in [5.41, 5.74) is 0.967. The Labute approximate surface area is 179 Å². The van der Waals surface area contributed by atoms with Crippen LogP contribution >= 0.6 is 0 Å². The van der Waals surface area contributed by atoms with Gasteiger partial charge in [-0.3, -0.25) is 9.89 Å². The molecule has 30 heavy (non-hydrogen) atoms. The molecule has 0 radical (unpaired) electrons. The van der Waals surface area contributed by atoms with E-state index >= 15 is 0 Å². The van der Waals surface area contributed by atoms with Crippen LogP contribution in [0, 0.1) is 0 Å². The van der Waals surface area contributed by atoms with Crippen LogP contribution in [0.2, 0.25) is 0 Å². The largest absolute Gasteiger partial charge is 0.491 e. The maximum atomic E-state index is 5.73. The lowest BCUT2D eigenvalue weighted by Crippen LogP contribution is -2.44. The van der Waals surface area contributed by atoms with Gasteiger partial charge in [-0.25, -0.2) is 0 Å². The molecule has 1 aliphatic heterocycles. The molecule has 7 heteroatoms. The number of anilines is 1. The SMILES string of the molecule is CC(C)Oc1ccc(NC(=NCC(C)N2CCOCC2)NCCc2ccco2)cc1. The van der Waals surface area contributed by atoms with E-state index in [-0.39, 0.29) is 6.10 Å². The third-order valence-electron chi connectivity index (χ3n) is 4.92. The fourth-order valence-corrected chi connectivity index (χ4v) is 3.28. The first kappa shape index (κ1) is 22.2. The summed E-state index contributed by atoms with van der Waals surface area (Å²) in [6.07, 6.45) is 2.66. The van der Waals surface area contributed by atoms with E-state index in [1.807, 2.05) is 50.2 Å². The molecule has 7 nitrogen and oxygen atoms in total. The van der Waals surface area contributed by atoms with Crippen molar-refractivity contribution in [3.05, 3.63) is 48.4 Å². The number of hydrogen-bond acceptors (Lipinski definition) is 5. The zero-order valence-corrected chi connectivity index (χ0v) is 18.3. The minimum absolute atomic E-state index is 0.158. The topological polar surface area (TPSA) is 71.3 Å². The highest BCUT2D eigenvalue weighted by atomic mass is 16.5. The fraction of sp³-hybridized carbons (Fsp3) is 0.522. The number of hydrogen-bond donors (Lipinski definition) is 2. The molecule has 1 aromatic heterocycles. The number of nitrogens with one attached hydrogen (secondary N) is 2. The van der Waals surface area contributed by atoms with Gasteiger partial charge in [0.25, 0.3) is 0 Å². The van der Waals surface area contributed by atoms with Gasteiger partial charge >= 0.3 is 0 Å². The molecule has 1 unspecified atom stereocenters. The molecule has 1 atom stereocenters. The zero-order chi connectivity index (χ0) is 21.2. The maximum absolute atomic E-state index is 5.73. The number of morpholine rings is 1. The summed E-state index contributed by atoms with van der Waals surface area (Å²) in [4.78, 5) is 7.26. The van der Waals surface area contributed by atoms with Gasteiger partial charge in [-0.05, 0) is 57.2 Å². The van der Waals surface area contributed by atoms with E-state index in [1.165, 1.54) is 0 Å². The summed E-state index contributed by atoms with van der Waals surface area (Å²) in [6, 6.07) is 12.2. The van der Waals surface area contributed by atoms with E-state index in [1.54, 1.807) is 6.26 Å². The van der Waals surface area contributed by atoms with Crippen LogP contribution in [-0.4, -0.2) is 62.4 Å². The van der Waals surface area contributed by atoms with Crippen LogP contribution in [0.4, 0.5) is 5.69 Å². The van der Waals surface area contributed by atoms with Crippen molar-refractivity contribution in [3.8, 4) is 5.75 Å². The summed E-state index contributed by atoms with van der Waals surface area (Å²) < 4.78 is 16.6. The van der Waals surface area contributed by atoms with E-state index in [2.05, 4.69) is 22.5 Å². The highest BCUT2D eigenvalue weighted by Crippen LogP contribution is 2.17. The number of nitrogens with zero attached hydrogens (tertiary/aromatic N) is 2. The van der Waals surface area contributed by atoms with Crippen molar-refractivity contribution >= 4 is 11.6 Å². The number of guanidine groups is 1. The zero-order valence-electron chi connectivity index (χ0n) is 18.3. The van der Waals surface area contributed by atoms with E-state index in [0.717, 1.165) is 62.4 Å². The molecule has 2 heterocycles. The number of furan rings is 1. The van der Waals surface area contributed by atoms with E-state index in [9.17, 15) is 0 Å². The minimum atomic E-state index is 0.158. The van der Waals surface area contributed by atoms with Crippen molar-refractivity contribution in [2.45, 2.75) is 39.3 Å². The van der Waals surface area contributed by atoms with E-state index < -0.39 is 0 Å². The molecule has 0 spiro atoms. The average Bonchev–Trinajstić information content (AvgIpc) is 3.27. The van der Waals surface area contributed by atoms with Gasteiger partial charge in [-0.15, -0.1) is 0 Å². The Kier molecular flexibility index (Phi) is 8.59. The first-order valence-electron chi connectivity index (χ1n) is 10.8. The molecule has 1 saturated heterocycles. The number of benzene rings is 1. The van der Waals surface area contributed by atoms with E-state index in [0.29, 0.717) is 12.6 Å². The van der Waals surface area contributed by atoms with Gasteiger partial charge in [0.1, 0.15) is 11.5 Å². The highest BCUT2D eigenvalue weighted by molar-refractivity contribution is 5.93. The van der Waals surface area contributed by atoms with Gasteiger partial charge in [0.15, 0.2) is 5.96 Å². The third-order valence-corrected chi connectivity index (χ3v) is 4.92. The molecule has 0 bridgehead atoms. The summed E-state index contributed by atoms with van der Waals surface area (Å²) in [6.45, 7) is 11.2. The predicted octanol–water partition coefficient (Wildman–Crippen LogP) is 3.39. The van der Waals surface area contributed by atoms with Crippen LogP contribution in [0.15, 0.2) is 52.1 Å². The van der Waals surface area contributed by atoms with Gasteiger partial charge < -0.3 is 24.5 Å². The second kappa shape index (κ2) is 11.6. The maximum Gasteiger partial charge on any atom is 0.195 e. The molecule has 2 aromatic rings. The normalized spacial score (nSPS) is 16.5. The molecule has 0 saturated carbocycles. The summed E-state index contributed by atoms with van der Waals surface area (Å²) in [5.74, 6) is 2.58. The third kappa shape index (κ3) is 7.39. The van der Waals surface area contributed by atoms with Gasteiger partial charge in [0.05, 0.1) is 32.1 Å². The predicted molar refractivity (Wildman–Crippen MR) is 120 cm³/mol. The molecular weight excluding hydrogens is 380 g/mol. The second-order valence-electron chi connectivity index (χ2n) is 7.76. The van der Waals surface area contributed by atoms with E-state index in [4.69, 9.17) is 18.9 Å². The van der Waals surface area contributed by atoms with Gasteiger partial charge in [-0.1, -0.05) is 0 Å².